The van der Waals surface area contributed by atoms with Gasteiger partial charge in [0.1, 0.15) is 23.0 Å². The molecule has 4 heteroatoms. The summed E-state index contributed by atoms with van der Waals surface area (Å²) in [7, 11) is 0. The Hall–Kier alpha value is -7.30. The summed E-state index contributed by atoms with van der Waals surface area (Å²) >= 11 is 0. The molecule has 4 nitrogen and oxygen atoms in total. The van der Waals surface area contributed by atoms with Gasteiger partial charge in [0.05, 0.1) is 5.41 Å². The lowest BCUT2D eigenvalue weighted by Gasteiger charge is -2.45. The third kappa shape index (κ3) is 5.30. The van der Waals surface area contributed by atoms with Crippen molar-refractivity contribution in [2.75, 3.05) is 0 Å². The Balaban J connectivity index is 1.16. The molecular weight excluding hydrogens is 677 g/mol. The van der Waals surface area contributed by atoms with E-state index < -0.39 is 5.41 Å². The average Bonchev–Trinajstić information content (AvgIpc) is 3.26. The number of hydrogen-bond donors (Lipinski definition) is 0. The van der Waals surface area contributed by atoms with Gasteiger partial charge >= 0.3 is 0 Å². The molecule has 10 rings (SSSR count). The Labute approximate surface area is 318 Å². The van der Waals surface area contributed by atoms with Gasteiger partial charge in [0.15, 0.2) is 11.6 Å². The normalized spacial score (nSPS) is 12.9. The van der Waals surface area contributed by atoms with Gasteiger partial charge in [-0.3, -0.25) is 9.59 Å². The predicted octanol–water partition coefficient (Wildman–Crippen LogP) is 12.1. The van der Waals surface area contributed by atoms with Crippen molar-refractivity contribution in [3.05, 3.63) is 239 Å². The SMILES string of the molecule is O=C(c1cccc(-c2ccccc2)c1)c1ccc2c(c1)C1(c3ccccc3Oc3ccccc31)c1cc(C(=O)c3cccc(-c4ccccc4)c3)ccc1O2. The van der Waals surface area contributed by atoms with E-state index in [1.807, 2.05) is 182 Å². The summed E-state index contributed by atoms with van der Waals surface area (Å²) in [6, 6.07) is 63.0. The number of para-hydroxylation sites is 2. The Morgan fingerprint density at radius 2 is 0.673 bits per heavy atom. The van der Waals surface area contributed by atoms with E-state index in [0.717, 1.165) is 44.5 Å². The van der Waals surface area contributed by atoms with Gasteiger partial charge in [-0.15, -0.1) is 0 Å². The Bertz CT molecular complexity index is 2610. The molecule has 2 aliphatic rings. The fraction of sp³-hybridized carbons (Fsp3) is 0.0196. The highest BCUT2D eigenvalue weighted by molar-refractivity contribution is 6.11. The zero-order chi connectivity index (χ0) is 36.9. The summed E-state index contributed by atoms with van der Waals surface area (Å²) in [4.78, 5) is 28.9. The quantitative estimate of drug-likeness (QED) is 0.161. The van der Waals surface area contributed by atoms with Crippen LogP contribution in [-0.2, 0) is 5.41 Å². The zero-order valence-corrected chi connectivity index (χ0v) is 29.6. The summed E-state index contributed by atoms with van der Waals surface area (Å²) in [6.45, 7) is 0. The number of carbonyl (C=O) groups excluding carboxylic acids is 2. The smallest absolute Gasteiger partial charge is 0.193 e. The monoisotopic (exact) mass is 708 g/mol. The fourth-order valence-electron chi connectivity index (χ4n) is 8.22. The maximum Gasteiger partial charge on any atom is 0.193 e. The number of rotatable bonds is 6. The molecule has 0 saturated heterocycles. The van der Waals surface area contributed by atoms with Crippen LogP contribution in [0.25, 0.3) is 22.3 Å². The van der Waals surface area contributed by atoms with E-state index in [0.29, 0.717) is 45.3 Å². The molecule has 0 unspecified atom stereocenters. The van der Waals surface area contributed by atoms with Crippen molar-refractivity contribution in [1.82, 2.24) is 0 Å². The first-order chi connectivity index (χ1) is 27.1. The van der Waals surface area contributed by atoms with E-state index in [4.69, 9.17) is 9.47 Å². The molecule has 0 aliphatic carbocycles. The molecule has 8 aromatic carbocycles. The second-order valence-electron chi connectivity index (χ2n) is 13.9. The van der Waals surface area contributed by atoms with Crippen LogP contribution in [0.1, 0.15) is 54.1 Å². The van der Waals surface area contributed by atoms with Gasteiger partial charge in [0.25, 0.3) is 0 Å². The lowest BCUT2D eigenvalue weighted by atomic mass is 9.62. The topological polar surface area (TPSA) is 52.6 Å². The summed E-state index contributed by atoms with van der Waals surface area (Å²) in [5, 5.41) is 0. The first kappa shape index (κ1) is 32.4. The number of hydrogen-bond acceptors (Lipinski definition) is 4. The maximum atomic E-state index is 14.4. The van der Waals surface area contributed by atoms with Gasteiger partial charge in [0, 0.05) is 44.5 Å². The predicted molar refractivity (Wildman–Crippen MR) is 216 cm³/mol. The van der Waals surface area contributed by atoms with Crippen molar-refractivity contribution < 1.29 is 19.1 Å². The molecule has 0 atom stereocenters. The van der Waals surface area contributed by atoms with Crippen molar-refractivity contribution in [1.29, 1.82) is 0 Å². The molecule has 1 spiro atoms. The van der Waals surface area contributed by atoms with Crippen LogP contribution in [0.5, 0.6) is 23.0 Å². The number of fused-ring (bicyclic) bond motifs is 8. The van der Waals surface area contributed by atoms with E-state index in [1.165, 1.54) is 0 Å². The molecule has 0 fully saturated rings. The number of ketones is 2. The molecule has 260 valence electrons. The summed E-state index contributed by atoms with van der Waals surface area (Å²) in [5.74, 6) is 2.44. The average molecular weight is 709 g/mol. The minimum Gasteiger partial charge on any atom is -0.457 e. The van der Waals surface area contributed by atoms with E-state index in [2.05, 4.69) is 12.1 Å². The van der Waals surface area contributed by atoms with Crippen LogP contribution in [0.3, 0.4) is 0 Å². The first-order valence-electron chi connectivity index (χ1n) is 18.3. The zero-order valence-electron chi connectivity index (χ0n) is 29.6. The van der Waals surface area contributed by atoms with Crippen molar-refractivity contribution >= 4 is 11.6 Å². The van der Waals surface area contributed by atoms with E-state index in [-0.39, 0.29) is 11.6 Å². The molecule has 0 amide bonds. The van der Waals surface area contributed by atoms with Crippen LogP contribution >= 0.6 is 0 Å². The van der Waals surface area contributed by atoms with Crippen LogP contribution < -0.4 is 9.47 Å². The summed E-state index contributed by atoms with van der Waals surface area (Å²) in [6.07, 6.45) is 0. The third-order valence-electron chi connectivity index (χ3n) is 10.8. The van der Waals surface area contributed by atoms with Crippen molar-refractivity contribution in [3.8, 4) is 45.3 Å². The van der Waals surface area contributed by atoms with Gasteiger partial charge in [-0.05, 0) is 82.9 Å². The van der Waals surface area contributed by atoms with Crippen LogP contribution in [-0.4, -0.2) is 11.6 Å². The van der Waals surface area contributed by atoms with Gasteiger partial charge in [-0.2, -0.15) is 0 Å². The summed E-state index contributed by atoms with van der Waals surface area (Å²) < 4.78 is 13.3. The molecule has 0 N–H and O–H groups in total. The molecule has 55 heavy (non-hydrogen) atoms. The number of ether oxygens (including phenoxy) is 2. The van der Waals surface area contributed by atoms with E-state index >= 15 is 0 Å². The van der Waals surface area contributed by atoms with E-state index in [9.17, 15) is 9.59 Å². The van der Waals surface area contributed by atoms with Gasteiger partial charge in [-0.25, -0.2) is 0 Å². The third-order valence-corrected chi connectivity index (χ3v) is 10.8. The van der Waals surface area contributed by atoms with Gasteiger partial charge in [-0.1, -0.05) is 133 Å². The molecule has 0 bridgehead atoms. The minimum atomic E-state index is -0.987. The Morgan fingerprint density at radius 1 is 0.309 bits per heavy atom. The van der Waals surface area contributed by atoms with Crippen LogP contribution in [0.15, 0.2) is 194 Å². The highest BCUT2D eigenvalue weighted by Gasteiger charge is 2.51. The van der Waals surface area contributed by atoms with E-state index in [1.54, 1.807) is 0 Å². The van der Waals surface area contributed by atoms with Crippen molar-refractivity contribution in [2.24, 2.45) is 0 Å². The number of carbonyl (C=O) groups is 2. The van der Waals surface area contributed by atoms with Crippen LogP contribution in [0.4, 0.5) is 0 Å². The second-order valence-corrected chi connectivity index (χ2v) is 13.9. The molecule has 8 aromatic rings. The van der Waals surface area contributed by atoms with Crippen molar-refractivity contribution in [2.45, 2.75) is 5.41 Å². The lowest BCUT2D eigenvalue weighted by molar-refractivity contribution is 0.103. The largest absolute Gasteiger partial charge is 0.457 e. The Kier molecular flexibility index (Phi) is 7.63. The molecule has 0 aromatic heterocycles. The standard InChI is InChI=1S/C51H32O4/c52-49(37-19-11-17-35(29-37)33-13-3-1-4-14-33)39-25-27-47-43(31-39)51(41-21-7-9-23-45(41)54-46-24-10-8-22-42(46)51)44-32-40(26-28-48(44)55-47)50(53)38-20-12-18-36(30-38)34-15-5-2-6-16-34/h1-32H. The minimum absolute atomic E-state index is 0.0996. The first-order valence-corrected chi connectivity index (χ1v) is 18.3. The van der Waals surface area contributed by atoms with Crippen LogP contribution in [0.2, 0.25) is 0 Å². The van der Waals surface area contributed by atoms with Gasteiger partial charge < -0.3 is 9.47 Å². The highest BCUT2D eigenvalue weighted by atomic mass is 16.5. The fourth-order valence-corrected chi connectivity index (χ4v) is 8.22. The van der Waals surface area contributed by atoms with Crippen molar-refractivity contribution in [3.63, 3.8) is 0 Å². The molecule has 0 saturated carbocycles. The number of benzene rings is 8. The van der Waals surface area contributed by atoms with Gasteiger partial charge in [0.2, 0.25) is 0 Å². The molecule has 2 aliphatic heterocycles. The molecular formula is C51H32O4. The molecule has 0 radical (unpaired) electrons. The summed E-state index contributed by atoms with van der Waals surface area (Å²) in [5.41, 5.74) is 8.65. The second kappa shape index (κ2) is 13.0. The van der Waals surface area contributed by atoms with Crippen LogP contribution in [0, 0.1) is 0 Å². The Morgan fingerprint density at radius 3 is 1.13 bits per heavy atom. The highest BCUT2D eigenvalue weighted by Crippen LogP contribution is 2.61. The lowest BCUT2D eigenvalue weighted by Crippen LogP contribution is -2.37. The maximum absolute atomic E-state index is 14.4. The molecule has 2 heterocycles.